The number of aromatic nitrogens is 3. The van der Waals surface area contributed by atoms with Gasteiger partial charge in [0.05, 0.1) is 0 Å². The van der Waals surface area contributed by atoms with Crippen molar-refractivity contribution >= 4 is 39.2 Å². The minimum atomic E-state index is -0.476. The van der Waals surface area contributed by atoms with Gasteiger partial charge in [-0.1, -0.05) is 45.7 Å². The fraction of sp³-hybridized carbons (Fsp3) is 0.0588. The molecule has 0 fully saturated rings. The second-order valence-corrected chi connectivity index (χ2v) is 6.64. The van der Waals surface area contributed by atoms with E-state index in [9.17, 15) is 4.39 Å². The molecule has 0 amide bonds. The van der Waals surface area contributed by atoms with E-state index in [1.165, 1.54) is 12.4 Å². The van der Waals surface area contributed by atoms with Gasteiger partial charge in [0.15, 0.2) is 0 Å². The Hall–Kier alpha value is -2.18. The third kappa shape index (κ3) is 2.61. The van der Waals surface area contributed by atoms with E-state index in [2.05, 4.69) is 31.3 Å². The number of anilines is 1. The van der Waals surface area contributed by atoms with Gasteiger partial charge in [-0.05, 0) is 35.9 Å². The summed E-state index contributed by atoms with van der Waals surface area (Å²) in [4.78, 5) is 4.21. The van der Waals surface area contributed by atoms with Gasteiger partial charge in [-0.25, -0.2) is 9.07 Å². The molecular formula is C17H11BrClFN4. The lowest BCUT2D eigenvalue weighted by Gasteiger charge is -2.25. The summed E-state index contributed by atoms with van der Waals surface area (Å²) in [6.07, 6.45) is 3.33. The monoisotopic (exact) mass is 404 g/mol. The summed E-state index contributed by atoms with van der Waals surface area (Å²) >= 11 is 9.68. The molecule has 24 heavy (non-hydrogen) atoms. The maximum absolute atomic E-state index is 14.4. The van der Waals surface area contributed by atoms with Gasteiger partial charge in [0.2, 0.25) is 5.95 Å². The zero-order valence-electron chi connectivity index (χ0n) is 12.2. The van der Waals surface area contributed by atoms with E-state index in [1.807, 2.05) is 30.3 Å². The number of nitrogens with zero attached hydrogens (tertiary/aromatic N) is 3. The molecule has 4 rings (SSSR count). The lowest BCUT2D eigenvalue weighted by molar-refractivity contribution is 0.551. The summed E-state index contributed by atoms with van der Waals surface area (Å²) in [6.45, 7) is 0. The second-order valence-electron chi connectivity index (χ2n) is 5.32. The van der Waals surface area contributed by atoms with Crippen molar-refractivity contribution < 1.29 is 4.39 Å². The van der Waals surface area contributed by atoms with Crippen LogP contribution in [0.1, 0.15) is 17.2 Å². The summed E-state index contributed by atoms with van der Waals surface area (Å²) in [6, 6.07) is 12.0. The molecular weight excluding hydrogens is 395 g/mol. The van der Waals surface area contributed by atoms with Gasteiger partial charge in [-0.3, -0.25) is 0 Å². The highest BCUT2D eigenvalue weighted by atomic mass is 79.9. The lowest BCUT2D eigenvalue weighted by Crippen LogP contribution is -2.21. The largest absolute Gasteiger partial charge is 0.324 e. The van der Waals surface area contributed by atoms with Gasteiger partial charge < -0.3 is 5.32 Å². The summed E-state index contributed by atoms with van der Waals surface area (Å²) < 4.78 is 17.0. The quantitative estimate of drug-likeness (QED) is 0.660. The van der Waals surface area contributed by atoms with E-state index in [0.29, 0.717) is 16.5 Å². The highest BCUT2D eigenvalue weighted by Gasteiger charge is 2.27. The molecule has 1 aromatic heterocycles. The van der Waals surface area contributed by atoms with Crippen LogP contribution >= 0.6 is 27.5 Å². The van der Waals surface area contributed by atoms with Crippen molar-refractivity contribution in [1.82, 2.24) is 14.8 Å². The molecule has 0 aliphatic carbocycles. The van der Waals surface area contributed by atoms with Gasteiger partial charge in [-0.15, -0.1) is 0 Å². The predicted octanol–water partition coefficient (Wildman–Crippen LogP) is 4.89. The van der Waals surface area contributed by atoms with Crippen LogP contribution in [0.15, 0.2) is 59.3 Å². The molecule has 0 radical (unpaired) electrons. The first-order valence-electron chi connectivity index (χ1n) is 7.21. The maximum atomic E-state index is 14.4. The summed E-state index contributed by atoms with van der Waals surface area (Å²) in [7, 11) is 0. The van der Waals surface area contributed by atoms with Crippen molar-refractivity contribution in [1.29, 1.82) is 0 Å². The minimum absolute atomic E-state index is 0.356. The molecule has 2 aromatic carbocycles. The molecule has 1 N–H and O–H groups in total. The Morgan fingerprint density at radius 3 is 2.71 bits per heavy atom. The summed E-state index contributed by atoms with van der Waals surface area (Å²) in [5, 5.41) is 7.78. The van der Waals surface area contributed by atoms with Crippen LogP contribution in [0.4, 0.5) is 10.3 Å². The standard InChI is InChI=1S/C17H11BrClFN4/c18-11-6-4-10(5-7-11)14-8-15(24-17(23-14)21-9-22-24)16-12(19)2-1-3-13(16)20/h1-9,15H,(H,21,22,23). The number of nitrogens with one attached hydrogen (secondary N) is 1. The normalized spacial score (nSPS) is 16.3. The van der Waals surface area contributed by atoms with E-state index >= 15 is 0 Å². The van der Waals surface area contributed by atoms with Crippen molar-refractivity contribution in [2.75, 3.05) is 5.32 Å². The molecule has 0 saturated carbocycles. The average molecular weight is 406 g/mol. The Balaban J connectivity index is 1.87. The second kappa shape index (κ2) is 6.03. The lowest BCUT2D eigenvalue weighted by atomic mass is 10.0. The predicted molar refractivity (Wildman–Crippen MR) is 95.3 cm³/mol. The minimum Gasteiger partial charge on any atom is -0.324 e. The van der Waals surface area contributed by atoms with Crippen molar-refractivity contribution in [3.63, 3.8) is 0 Å². The Morgan fingerprint density at radius 2 is 1.96 bits per heavy atom. The number of allylic oxidation sites excluding steroid dienone is 1. The molecule has 4 nitrogen and oxygen atoms in total. The molecule has 2 heterocycles. The van der Waals surface area contributed by atoms with Crippen LogP contribution < -0.4 is 5.32 Å². The number of benzene rings is 2. The Kier molecular flexibility index (Phi) is 3.86. The molecule has 1 atom stereocenters. The van der Waals surface area contributed by atoms with Crippen LogP contribution in [0.5, 0.6) is 0 Å². The van der Waals surface area contributed by atoms with Gasteiger partial charge in [-0.2, -0.15) is 10.1 Å². The smallest absolute Gasteiger partial charge is 0.226 e. The summed E-state index contributed by atoms with van der Waals surface area (Å²) in [5.74, 6) is 0.169. The van der Waals surface area contributed by atoms with E-state index in [4.69, 9.17) is 11.6 Å². The number of hydrogen-bond donors (Lipinski definition) is 1. The molecule has 1 aliphatic rings. The van der Waals surface area contributed by atoms with Crippen molar-refractivity contribution in [2.45, 2.75) is 6.04 Å². The van der Waals surface area contributed by atoms with Crippen molar-refractivity contribution in [2.24, 2.45) is 0 Å². The van der Waals surface area contributed by atoms with Crippen LogP contribution in [0, 0.1) is 5.82 Å². The van der Waals surface area contributed by atoms with Gasteiger partial charge in [0.1, 0.15) is 18.2 Å². The Bertz CT molecular complexity index is 916. The third-order valence-electron chi connectivity index (χ3n) is 3.86. The Morgan fingerprint density at radius 1 is 1.17 bits per heavy atom. The Labute approximate surface area is 151 Å². The molecule has 7 heteroatoms. The molecule has 1 aliphatic heterocycles. The first-order chi connectivity index (χ1) is 11.6. The summed E-state index contributed by atoms with van der Waals surface area (Å²) in [5.41, 5.74) is 2.17. The van der Waals surface area contributed by atoms with Crippen LogP contribution in [0.25, 0.3) is 5.70 Å². The molecule has 0 saturated heterocycles. The topological polar surface area (TPSA) is 42.7 Å². The maximum Gasteiger partial charge on any atom is 0.226 e. The first kappa shape index (κ1) is 15.4. The zero-order valence-corrected chi connectivity index (χ0v) is 14.6. The first-order valence-corrected chi connectivity index (χ1v) is 8.39. The number of hydrogen-bond acceptors (Lipinski definition) is 3. The van der Waals surface area contributed by atoms with Gasteiger partial charge >= 0.3 is 0 Å². The highest BCUT2D eigenvalue weighted by Crippen LogP contribution is 2.36. The zero-order chi connectivity index (χ0) is 16.7. The highest BCUT2D eigenvalue weighted by molar-refractivity contribution is 9.10. The number of fused-ring (bicyclic) bond motifs is 1. The molecule has 0 spiro atoms. The van der Waals surface area contributed by atoms with Crippen molar-refractivity contribution in [3.8, 4) is 0 Å². The average Bonchev–Trinajstić information content (AvgIpc) is 3.04. The number of halogens is 3. The number of rotatable bonds is 2. The fourth-order valence-corrected chi connectivity index (χ4v) is 3.27. The van der Waals surface area contributed by atoms with Crippen LogP contribution in [0.3, 0.4) is 0 Å². The van der Waals surface area contributed by atoms with Crippen molar-refractivity contribution in [3.05, 3.63) is 81.3 Å². The molecule has 0 bridgehead atoms. The molecule has 1 unspecified atom stereocenters. The molecule has 120 valence electrons. The van der Waals surface area contributed by atoms with E-state index < -0.39 is 6.04 Å². The third-order valence-corrected chi connectivity index (χ3v) is 4.72. The van der Waals surface area contributed by atoms with E-state index in [0.717, 1.165) is 15.7 Å². The van der Waals surface area contributed by atoms with Crippen LogP contribution in [0.2, 0.25) is 5.02 Å². The van der Waals surface area contributed by atoms with Gasteiger partial charge in [0, 0.05) is 20.8 Å². The molecule has 3 aromatic rings. The van der Waals surface area contributed by atoms with Crippen LogP contribution in [-0.4, -0.2) is 14.8 Å². The SMILES string of the molecule is Fc1cccc(Cl)c1C1C=C(c2ccc(Br)cc2)Nc2ncnn21. The fourth-order valence-electron chi connectivity index (χ4n) is 2.73. The van der Waals surface area contributed by atoms with Gasteiger partial charge in [0.25, 0.3) is 0 Å². The van der Waals surface area contributed by atoms with E-state index in [-0.39, 0.29) is 5.82 Å². The van der Waals surface area contributed by atoms with E-state index in [1.54, 1.807) is 16.8 Å². The van der Waals surface area contributed by atoms with Crippen LogP contribution in [-0.2, 0) is 0 Å².